The highest BCUT2D eigenvalue weighted by Gasteiger charge is 2.41. The average molecular weight is 754 g/mol. The van der Waals surface area contributed by atoms with Crippen LogP contribution in [0.1, 0.15) is 25.0 Å². The van der Waals surface area contributed by atoms with Gasteiger partial charge in [0, 0.05) is 49.5 Å². The van der Waals surface area contributed by atoms with Crippen molar-refractivity contribution in [3.05, 3.63) is 211 Å². The van der Waals surface area contributed by atoms with Crippen LogP contribution in [0.25, 0.3) is 99.8 Å². The predicted octanol–water partition coefficient (Wildman–Crippen LogP) is 14.6. The smallest absolute Gasteiger partial charge is 0.0715 e. The van der Waals surface area contributed by atoms with Crippen LogP contribution in [0.15, 0.2) is 200 Å². The highest BCUT2D eigenvalue weighted by atomic mass is 15.0. The third kappa shape index (κ3) is 4.91. The van der Waals surface area contributed by atoms with Gasteiger partial charge in [-0.2, -0.15) is 0 Å². The maximum Gasteiger partial charge on any atom is 0.0715 e. The summed E-state index contributed by atoms with van der Waals surface area (Å²) in [4.78, 5) is 5.15. The number of pyridine rings is 1. The number of nitrogens with zero attached hydrogens (tertiary/aromatic N) is 3. The van der Waals surface area contributed by atoms with E-state index in [1.54, 1.807) is 0 Å². The van der Waals surface area contributed by atoms with Gasteiger partial charge in [0.15, 0.2) is 0 Å². The standard InChI is InChI=1S/C56H39N3/c1-56(2)45-27-15-12-24-42(45)50-51-43-25-13-16-28-48(43)58(54(51)52-44-26-14-17-29-49(44)59(55(52)53(50)56)40-22-10-5-11-23-40)41-32-30-36(31-33-41)39-34-46(37-18-6-3-7-19-37)57-47(35-39)38-20-8-4-9-21-38/h3-35H,1-2H3. The Morgan fingerprint density at radius 1 is 0.407 bits per heavy atom. The topological polar surface area (TPSA) is 22.8 Å². The average Bonchev–Trinajstić information content (AvgIpc) is 3.90. The Morgan fingerprint density at radius 2 is 0.898 bits per heavy atom. The molecule has 1 aliphatic rings. The van der Waals surface area contributed by atoms with E-state index in [2.05, 4.69) is 223 Å². The van der Waals surface area contributed by atoms with Crippen molar-refractivity contribution in [3.63, 3.8) is 0 Å². The molecule has 0 N–H and O–H groups in total. The molecule has 0 aliphatic heterocycles. The zero-order chi connectivity index (χ0) is 39.2. The lowest BCUT2D eigenvalue weighted by Gasteiger charge is -2.24. The Balaban J connectivity index is 1.17. The summed E-state index contributed by atoms with van der Waals surface area (Å²) in [6, 6.07) is 72.6. The minimum absolute atomic E-state index is 0.230. The Morgan fingerprint density at radius 3 is 1.53 bits per heavy atom. The van der Waals surface area contributed by atoms with E-state index in [4.69, 9.17) is 4.98 Å². The van der Waals surface area contributed by atoms with E-state index in [1.807, 2.05) is 0 Å². The van der Waals surface area contributed by atoms with Crippen LogP contribution in [0.4, 0.5) is 0 Å². The van der Waals surface area contributed by atoms with Gasteiger partial charge < -0.3 is 9.13 Å². The van der Waals surface area contributed by atoms with Crippen LogP contribution in [0.3, 0.4) is 0 Å². The Hall–Kier alpha value is -7.49. The van der Waals surface area contributed by atoms with Gasteiger partial charge in [0.2, 0.25) is 0 Å². The zero-order valence-corrected chi connectivity index (χ0v) is 32.9. The molecular weight excluding hydrogens is 715 g/mol. The fourth-order valence-electron chi connectivity index (χ4n) is 10.1. The van der Waals surface area contributed by atoms with E-state index in [0.29, 0.717) is 0 Å². The molecule has 0 spiro atoms. The van der Waals surface area contributed by atoms with Crippen molar-refractivity contribution in [2.75, 3.05) is 0 Å². The largest absolute Gasteiger partial charge is 0.309 e. The van der Waals surface area contributed by atoms with Crippen molar-refractivity contribution < 1.29 is 0 Å². The molecule has 0 bridgehead atoms. The lowest BCUT2D eigenvalue weighted by atomic mass is 9.81. The molecule has 3 nitrogen and oxygen atoms in total. The van der Waals surface area contributed by atoms with Crippen molar-refractivity contribution >= 4 is 43.6 Å². The summed E-state index contributed by atoms with van der Waals surface area (Å²) in [5.41, 5.74) is 18.8. The first-order valence-corrected chi connectivity index (χ1v) is 20.5. The third-order valence-corrected chi connectivity index (χ3v) is 12.7. The van der Waals surface area contributed by atoms with Gasteiger partial charge in [0.25, 0.3) is 0 Å². The van der Waals surface area contributed by atoms with Crippen molar-refractivity contribution in [3.8, 4) is 56.1 Å². The number of benzene rings is 8. The number of hydrogen-bond acceptors (Lipinski definition) is 1. The number of aromatic nitrogens is 3. The van der Waals surface area contributed by atoms with E-state index in [-0.39, 0.29) is 5.41 Å². The van der Waals surface area contributed by atoms with Crippen LogP contribution in [0.2, 0.25) is 0 Å². The highest BCUT2D eigenvalue weighted by Crippen LogP contribution is 2.58. The van der Waals surface area contributed by atoms with Crippen LogP contribution in [-0.2, 0) is 5.41 Å². The molecule has 3 heteroatoms. The van der Waals surface area contributed by atoms with Crippen LogP contribution >= 0.6 is 0 Å². The zero-order valence-electron chi connectivity index (χ0n) is 32.9. The summed E-state index contributed by atoms with van der Waals surface area (Å²) in [5, 5.41) is 5.12. The lowest BCUT2D eigenvalue weighted by Crippen LogP contribution is -2.16. The molecule has 0 radical (unpaired) electrons. The minimum Gasteiger partial charge on any atom is -0.309 e. The molecule has 3 aromatic heterocycles. The van der Waals surface area contributed by atoms with Gasteiger partial charge >= 0.3 is 0 Å². The van der Waals surface area contributed by atoms with E-state index < -0.39 is 0 Å². The lowest BCUT2D eigenvalue weighted by molar-refractivity contribution is 0.664. The Labute approximate surface area is 343 Å². The quantitative estimate of drug-likeness (QED) is 0.172. The fraction of sp³-hybridized carbons (Fsp3) is 0.0536. The molecular formula is C56H39N3. The second kappa shape index (κ2) is 12.8. The summed E-state index contributed by atoms with van der Waals surface area (Å²) in [6.45, 7) is 4.83. The van der Waals surface area contributed by atoms with Crippen molar-refractivity contribution in [1.82, 2.24) is 14.1 Å². The van der Waals surface area contributed by atoms with E-state index in [9.17, 15) is 0 Å². The SMILES string of the molecule is CC1(C)c2ccccc2-c2c1c1c(c3ccccc3n1-c1ccccc1)c1c2c2ccccc2n1-c1ccc(-c2cc(-c3ccccc3)nc(-c3ccccc3)c2)cc1. The molecule has 1 aliphatic carbocycles. The second-order valence-corrected chi connectivity index (χ2v) is 16.3. The van der Waals surface area contributed by atoms with Crippen molar-refractivity contribution in [1.29, 1.82) is 0 Å². The molecule has 0 saturated carbocycles. The fourth-order valence-corrected chi connectivity index (χ4v) is 10.1. The van der Waals surface area contributed by atoms with Gasteiger partial charge in [-0.25, -0.2) is 4.98 Å². The number of rotatable bonds is 5. The third-order valence-electron chi connectivity index (χ3n) is 12.7. The molecule has 8 aromatic carbocycles. The first kappa shape index (κ1) is 33.6. The summed E-state index contributed by atoms with van der Waals surface area (Å²) in [6.07, 6.45) is 0. The van der Waals surface area contributed by atoms with E-state index in [0.717, 1.165) is 39.3 Å². The highest BCUT2D eigenvalue weighted by molar-refractivity contribution is 6.32. The van der Waals surface area contributed by atoms with Crippen LogP contribution < -0.4 is 0 Å². The first-order chi connectivity index (χ1) is 29.1. The maximum absolute atomic E-state index is 5.15. The van der Waals surface area contributed by atoms with Crippen LogP contribution in [0, 0.1) is 0 Å². The van der Waals surface area contributed by atoms with E-state index >= 15 is 0 Å². The van der Waals surface area contributed by atoms with Crippen LogP contribution in [0.5, 0.6) is 0 Å². The molecule has 59 heavy (non-hydrogen) atoms. The molecule has 11 aromatic rings. The van der Waals surface area contributed by atoms with Gasteiger partial charge in [0.1, 0.15) is 0 Å². The molecule has 0 amide bonds. The van der Waals surface area contributed by atoms with Crippen LogP contribution in [-0.4, -0.2) is 14.1 Å². The molecule has 0 atom stereocenters. The minimum atomic E-state index is -0.230. The summed E-state index contributed by atoms with van der Waals surface area (Å²) in [7, 11) is 0. The monoisotopic (exact) mass is 753 g/mol. The summed E-state index contributed by atoms with van der Waals surface area (Å²) in [5.74, 6) is 0. The Kier molecular flexibility index (Phi) is 7.27. The normalized spacial score (nSPS) is 13.1. The maximum atomic E-state index is 5.15. The predicted molar refractivity (Wildman–Crippen MR) is 247 cm³/mol. The number of fused-ring (bicyclic) bond motifs is 12. The first-order valence-electron chi connectivity index (χ1n) is 20.5. The van der Waals surface area contributed by atoms with Gasteiger partial charge in [-0.15, -0.1) is 0 Å². The molecule has 12 rings (SSSR count). The van der Waals surface area contributed by atoms with Gasteiger partial charge in [0.05, 0.1) is 33.5 Å². The molecule has 278 valence electrons. The van der Waals surface area contributed by atoms with Crippen molar-refractivity contribution in [2.24, 2.45) is 0 Å². The molecule has 0 unspecified atom stereocenters. The van der Waals surface area contributed by atoms with Gasteiger partial charge in [-0.1, -0.05) is 166 Å². The van der Waals surface area contributed by atoms with Gasteiger partial charge in [-0.05, 0) is 81.9 Å². The number of para-hydroxylation sites is 3. The summed E-state index contributed by atoms with van der Waals surface area (Å²) < 4.78 is 5.06. The Bertz CT molecular complexity index is 3370. The van der Waals surface area contributed by atoms with Gasteiger partial charge in [-0.3, -0.25) is 0 Å². The molecule has 0 saturated heterocycles. The number of hydrogen-bond donors (Lipinski definition) is 0. The van der Waals surface area contributed by atoms with E-state index in [1.165, 1.54) is 71.6 Å². The molecule has 3 heterocycles. The van der Waals surface area contributed by atoms with Crippen molar-refractivity contribution in [2.45, 2.75) is 19.3 Å². The summed E-state index contributed by atoms with van der Waals surface area (Å²) >= 11 is 0. The second-order valence-electron chi connectivity index (χ2n) is 16.3. The molecule has 0 fully saturated rings.